The lowest BCUT2D eigenvalue weighted by Gasteiger charge is -2.35. The summed E-state index contributed by atoms with van der Waals surface area (Å²) in [5.74, 6) is -3.05. The molecule has 2 N–H and O–H groups in total. The fraction of sp³-hybridized carbons (Fsp3) is 0.571. The summed E-state index contributed by atoms with van der Waals surface area (Å²) < 4.78 is 29.9. The highest BCUT2D eigenvalue weighted by Crippen LogP contribution is 2.36. The molecular weight excluding hydrogens is 394 g/mol. The number of halogens is 2. The zero-order chi connectivity index (χ0) is 21.0. The van der Waals surface area contributed by atoms with E-state index in [0.717, 1.165) is 12.8 Å². The molecule has 30 heavy (non-hydrogen) atoms. The fourth-order valence-corrected chi connectivity index (χ4v) is 5.37. The summed E-state index contributed by atoms with van der Waals surface area (Å²) in [6.07, 6.45) is 3.31. The van der Waals surface area contributed by atoms with Gasteiger partial charge in [-0.1, -0.05) is 0 Å². The molecular formula is C21H24F2N4O3. The predicted molar refractivity (Wildman–Crippen MR) is 104 cm³/mol. The van der Waals surface area contributed by atoms with Crippen LogP contribution < -0.4 is 15.5 Å². The van der Waals surface area contributed by atoms with Gasteiger partial charge in [0, 0.05) is 44.3 Å². The lowest BCUT2D eigenvalue weighted by atomic mass is 9.97. The van der Waals surface area contributed by atoms with Crippen molar-refractivity contribution in [3.05, 3.63) is 28.8 Å². The van der Waals surface area contributed by atoms with E-state index >= 15 is 0 Å². The molecule has 4 atom stereocenters. The Morgan fingerprint density at radius 3 is 2.47 bits per heavy atom. The second-order valence-electron chi connectivity index (χ2n) is 8.75. The second-order valence-corrected chi connectivity index (χ2v) is 8.75. The number of anilines is 1. The Morgan fingerprint density at radius 2 is 1.83 bits per heavy atom. The van der Waals surface area contributed by atoms with E-state index < -0.39 is 29.4 Å². The van der Waals surface area contributed by atoms with Crippen LogP contribution in [0, 0.1) is 11.6 Å². The van der Waals surface area contributed by atoms with Gasteiger partial charge >= 0.3 is 0 Å². The number of hydrogen-bond acceptors (Lipinski definition) is 6. The number of fused-ring (bicyclic) bond motifs is 3. The first-order valence-corrected chi connectivity index (χ1v) is 10.5. The van der Waals surface area contributed by atoms with E-state index in [9.17, 15) is 23.2 Å². The van der Waals surface area contributed by atoms with Crippen molar-refractivity contribution in [2.45, 2.75) is 56.4 Å². The number of ketones is 1. The van der Waals surface area contributed by atoms with Crippen LogP contribution in [0.25, 0.3) is 0 Å². The number of nitrogens with one attached hydrogen (secondary N) is 2. The molecule has 0 saturated carbocycles. The molecule has 1 aromatic carbocycles. The summed E-state index contributed by atoms with van der Waals surface area (Å²) in [4.78, 5) is 38.6. The molecule has 4 unspecified atom stereocenters. The van der Waals surface area contributed by atoms with Gasteiger partial charge in [0.2, 0.25) is 5.78 Å². The molecule has 3 fully saturated rings. The normalized spacial score (nSPS) is 30.5. The zero-order valence-electron chi connectivity index (χ0n) is 16.5. The number of piperidine rings is 1. The minimum atomic E-state index is -1.07. The molecule has 0 spiro atoms. The standard InChI is InChI=1S/C21H24F2N4O3/c22-19-16(26-8-12-1-2-13(9-26)25-12)5-11-7-27(21(30)18(11)20(19)23)14-3-4-15(24-6-14)17(29)10-28/h5,10,12-15,24-25H,1-4,6-9H2. The van der Waals surface area contributed by atoms with Crippen molar-refractivity contribution in [3.8, 4) is 0 Å². The third-order valence-electron chi connectivity index (χ3n) is 6.93. The summed E-state index contributed by atoms with van der Waals surface area (Å²) in [6.45, 7) is 1.81. The molecule has 4 heterocycles. The first-order valence-electron chi connectivity index (χ1n) is 10.5. The Hall–Kier alpha value is -2.39. The van der Waals surface area contributed by atoms with Gasteiger partial charge in [0.1, 0.15) is 0 Å². The summed E-state index contributed by atoms with van der Waals surface area (Å²) in [6, 6.07) is 1.43. The van der Waals surface area contributed by atoms with Crippen LogP contribution in [0.2, 0.25) is 0 Å². The topological polar surface area (TPSA) is 81.8 Å². The van der Waals surface area contributed by atoms with Gasteiger partial charge in [0.15, 0.2) is 17.9 Å². The van der Waals surface area contributed by atoms with E-state index in [1.54, 1.807) is 11.0 Å². The van der Waals surface area contributed by atoms with Crippen LogP contribution in [0.4, 0.5) is 14.5 Å². The number of hydrogen-bond donors (Lipinski definition) is 2. The molecule has 4 aliphatic heterocycles. The summed E-state index contributed by atoms with van der Waals surface area (Å²) >= 11 is 0. The maximum atomic E-state index is 15.0. The lowest BCUT2D eigenvalue weighted by Crippen LogP contribution is -2.52. The smallest absolute Gasteiger partial charge is 0.257 e. The molecule has 0 aliphatic carbocycles. The summed E-state index contributed by atoms with van der Waals surface area (Å²) in [5.41, 5.74) is 0.559. The van der Waals surface area contributed by atoms with Crippen LogP contribution in [0.5, 0.6) is 0 Å². The molecule has 160 valence electrons. The molecule has 1 aromatic rings. The fourth-order valence-electron chi connectivity index (χ4n) is 5.37. The maximum Gasteiger partial charge on any atom is 0.257 e. The van der Waals surface area contributed by atoms with E-state index in [1.165, 1.54) is 0 Å². The van der Waals surface area contributed by atoms with Gasteiger partial charge in [-0.3, -0.25) is 14.4 Å². The number of aldehydes is 1. The van der Waals surface area contributed by atoms with Gasteiger partial charge < -0.3 is 20.4 Å². The van der Waals surface area contributed by atoms with Crippen LogP contribution in [0.15, 0.2) is 6.07 Å². The number of carbonyl (C=O) groups excluding carboxylic acids is 3. The van der Waals surface area contributed by atoms with Crippen molar-refractivity contribution in [1.29, 1.82) is 0 Å². The number of carbonyl (C=O) groups is 3. The van der Waals surface area contributed by atoms with Crippen LogP contribution in [-0.2, 0) is 16.1 Å². The second kappa shape index (κ2) is 7.39. The number of nitrogens with zero attached hydrogens (tertiary/aromatic N) is 2. The number of rotatable bonds is 4. The Labute approximate surface area is 172 Å². The molecule has 0 radical (unpaired) electrons. The first kappa shape index (κ1) is 19.6. The molecule has 5 rings (SSSR count). The van der Waals surface area contributed by atoms with Crippen LogP contribution in [0.1, 0.15) is 41.6 Å². The zero-order valence-corrected chi connectivity index (χ0v) is 16.5. The monoisotopic (exact) mass is 418 g/mol. The van der Waals surface area contributed by atoms with Gasteiger partial charge in [0.05, 0.1) is 17.3 Å². The molecule has 7 nitrogen and oxygen atoms in total. The van der Waals surface area contributed by atoms with Gasteiger partial charge in [-0.25, -0.2) is 8.78 Å². The third kappa shape index (κ3) is 3.11. The Morgan fingerprint density at radius 1 is 1.10 bits per heavy atom. The van der Waals surface area contributed by atoms with Crippen molar-refractivity contribution in [2.24, 2.45) is 0 Å². The molecule has 2 bridgehead atoms. The first-order chi connectivity index (χ1) is 14.5. The van der Waals surface area contributed by atoms with Crippen molar-refractivity contribution in [3.63, 3.8) is 0 Å². The van der Waals surface area contributed by atoms with Gasteiger partial charge in [-0.15, -0.1) is 0 Å². The SMILES string of the molecule is O=CC(=O)C1CCC(N2Cc3cc(N4CC5CCC(C4)N5)c(F)c(F)c3C2=O)CN1. The summed E-state index contributed by atoms with van der Waals surface area (Å²) in [7, 11) is 0. The predicted octanol–water partition coefficient (Wildman–Crippen LogP) is 0.750. The van der Waals surface area contributed by atoms with Crippen molar-refractivity contribution in [2.75, 3.05) is 24.5 Å². The van der Waals surface area contributed by atoms with E-state index in [-0.39, 0.29) is 35.9 Å². The minimum absolute atomic E-state index is 0.180. The molecule has 0 aromatic heterocycles. The van der Waals surface area contributed by atoms with Crippen molar-refractivity contribution in [1.82, 2.24) is 15.5 Å². The minimum Gasteiger partial charge on any atom is -0.366 e. The third-order valence-corrected chi connectivity index (χ3v) is 6.93. The average Bonchev–Trinajstić information content (AvgIpc) is 3.28. The number of piperazine rings is 1. The Bertz CT molecular complexity index is 904. The van der Waals surface area contributed by atoms with Crippen molar-refractivity contribution >= 4 is 23.7 Å². The molecule has 9 heteroatoms. The lowest BCUT2D eigenvalue weighted by molar-refractivity contribution is -0.131. The van der Waals surface area contributed by atoms with Crippen LogP contribution in [-0.4, -0.2) is 66.7 Å². The van der Waals surface area contributed by atoms with Crippen LogP contribution in [0.3, 0.4) is 0 Å². The number of amides is 1. The Balaban J connectivity index is 1.36. The molecule has 3 saturated heterocycles. The number of Topliss-reactive ketones (excluding diaryl/α,β-unsaturated/α-hetero) is 1. The van der Waals surface area contributed by atoms with Crippen molar-refractivity contribution < 1.29 is 23.2 Å². The average molecular weight is 418 g/mol. The molecule has 4 aliphatic rings. The highest BCUT2D eigenvalue weighted by molar-refractivity contribution is 6.27. The van der Waals surface area contributed by atoms with E-state index in [0.29, 0.717) is 44.3 Å². The quantitative estimate of drug-likeness (QED) is 0.555. The highest BCUT2D eigenvalue weighted by atomic mass is 19.2. The Kier molecular flexibility index (Phi) is 4.82. The van der Waals surface area contributed by atoms with Gasteiger partial charge in [0.25, 0.3) is 5.91 Å². The van der Waals surface area contributed by atoms with Gasteiger partial charge in [-0.2, -0.15) is 0 Å². The van der Waals surface area contributed by atoms with E-state index in [4.69, 9.17) is 0 Å². The maximum absolute atomic E-state index is 15.0. The van der Waals surface area contributed by atoms with Crippen LogP contribution >= 0.6 is 0 Å². The van der Waals surface area contributed by atoms with E-state index in [2.05, 4.69) is 10.6 Å². The highest BCUT2D eigenvalue weighted by Gasteiger charge is 2.40. The van der Waals surface area contributed by atoms with Gasteiger partial charge in [-0.05, 0) is 37.3 Å². The molecule has 1 amide bonds. The number of benzene rings is 1. The largest absolute Gasteiger partial charge is 0.366 e. The van der Waals surface area contributed by atoms with E-state index in [1.807, 2.05) is 4.90 Å². The summed E-state index contributed by atoms with van der Waals surface area (Å²) in [5, 5.41) is 6.47.